The number of Topliss-reactive ketones (excluding diaryl/α,β-unsaturated/α-hetero) is 1. The van der Waals surface area contributed by atoms with Gasteiger partial charge in [-0.25, -0.2) is 4.79 Å². The Bertz CT molecular complexity index is 1050. The van der Waals surface area contributed by atoms with Gasteiger partial charge in [0.2, 0.25) is 0 Å². The molecule has 2 heterocycles. The lowest BCUT2D eigenvalue weighted by Gasteiger charge is -2.26. The third kappa shape index (κ3) is 2.65. The molecule has 0 fully saturated rings. The number of aryl methyl sites for hydroxylation is 1. The zero-order valence-corrected chi connectivity index (χ0v) is 14.3. The number of hydrogen-bond donors (Lipinski definition) is 1. The second kappa shape index (κ2) is 6.33. The van der Waals surface area contributed by atoms with E-state index in [1.165, 1.54) is 12.1 Å². The Hall–Kier alpha value is -3.08. The quantitative estimate of drug-likeness (QED) is 0.718. The van der Waals surface area contributed by atoms with Crippen LogP contribution in [-0.2, 0) is 6.42 Å². The summed E-state index contributed by atoms with van der Waals surface area (Å²) in [5.41, 5.74) is 1.47. The Morgan fingerprint density at radius 3 is 2.65 bits per heavy atom. The lowest BCUT2D eigenvalue weighted by Crippen LogP contribution is -2.20. The molecule has 1 aliphatic heterocycles. The lowest BCUT2D eigenvalue weighted by atomic mass is 9.93. The van der Waals surface area contributed by atoms with E-state index in [4.69, 9.17) is 9.15 Å². The van der Waals surface area contributed by atoms with Crippen molar-refractivity contribution in [1.82, 2.24) is 0 Å². The molecule has 1 aliphatic rings. The van der Waals surface area contributed by atoms with Crippen LogP contribution in [0.15, 0.2) is 51.7 Å². The normalized spacial score (nSPS) is 16.3. The second-order valence-corrected chi connectivity index (χ2v) is 6.46. The maximum atomic E-state index is 12.7. The van der Waals surface area contributed by atoms with Crippen LogP contribution < -0.4 is 10.4 Å². The smallest absolute Gasteiger partial charge is 0.336 e. The number of aromatic hydroxyl groups is 1. The highest BCUT2D eigenvalue weighted by Gasteiger charge is 2.32. The first-order chi connectivity index (χ1) is 12.6. The Balaban J connectivity index is 1.90. The Morgan fingerprint density at radius 1 is 1.15 bits per heavy atom. The molecule has 0 amide bonds. The van der Waals surface area contributed by atoms with E-state index in [9.17, 15) is 14.7 Å². The third-order valence-electron chi connectivity index (χ3n) is 4.66. The predicted molar refractivity (Wildman–Crippen MR) is 96.9 cm³/mol. The molecule has 132 valence electrons. The van der Waals surface area contributed by atoms with Crippen LogP contribution in [0.25, 0.3) is 11.0 Å². The van der Waals surface area contributed by atoms with Crippen LogP contribution in [0.5, 0.6) is 11.5 Å². The van der Waals surface area contributed by atoms with Crippen LogP contribution in [0, 0.1) is 0 Å². The molecule has 0 radical (unpaired) electrons. The van der Waals surface area contributed by atoms with Gasteiger partial charge in [0.25, 0.3) is 0 Å². The van der Waals surface area contributed by atoms with Crippen molar-refractivity contribution < 1.29 is 19.1 Å². The van der Waals surface area contributed by atoms with E-state index < -0.39 is 11.7 Å². The first-order valence-electron chi connectivity index (χ1n) is 8.66. The Kier molecular flexibility index (Phi) is 3.99. The number of ether oxygens (including phenoxy) is 1. The number of fused-ring (bicyclic) bond motifs is 2. The standard InChI is InChI=1S/C21H18O5/c1-2-6-13-9-18(23)26-16-11-17-20(21(24)19(13)16)14(22)10-15(25-17)12-7-4-3-5-8-12/h3-5,7-9,11,15,24H,2,6,10H2,1H3. The summed E-state index contributed by atoms with van der Waals surface area (Å²) in [7, 11) is 0. The van der Waals surface area contributed by atoms with Crippen LogP contribution in [-0.4, -0.2) is 10.9 Å². The molecule has 4 rings (SSSR count). The summed E-state index contributed by atoms with van der Waals surface area (Å²) in [5, 5.41) is 11.2. The van der Waals surface area contributed by atoms with Crippen LogP contribution in [0.2, 0.25) is 0 Å². The Morgan fingerprint density at radius 2 is 1.92 bits per heavy atom. The molecular weight excluding hydrogens is 332 g/mol. The highest BCUT2D eigenvalue weighted by molar-refractivity contribution is 6.08. The minimum Gasteiger partial charge on any atom is -0.506 e. The SMILES string of the molecule is CCCc1cc(=O)oc2cc3c(c(O)c12)C(=O)CC(c1ccccc1)O3. The molecule has 0 bridgehead atoms. The third-order valence-corrected chi connectivity index (χ3v) is 4.66. The van der Waals surface area contributed by atoms with Crippen molar-refractivity contribution >= 4 is 16.8 Å². The van der Waals surface area contributed by atoms with Crippen molar-refractivity contribution in [2.45, 2.75) is 32.3 Å². The van der Waals surface area contributed by atoms with E-state index in [0.29, 0.717) is 17.4 Å². The molecule has 0 aliphatic carbocycles. The topological polar surface area (TPSA) is 76.7 Å². The van der Waals surface area contributed by atoms with Crippen LogP contribution in [0.1, 0.15) is 47.4 Å². The van der Waals surface area contributed by atoms with E-state index in [1.54, 1.807) is 0 Å². The van der Waals surface area contributed by atoms with Gasteiger partial charge in [-0.2, -0.15) is 0 Å². The molecule has 3 aromatic rings. The summed E-state index contributed by atoms with van der Waals surface area (Å²) < 4.78 is 11.2. The molecule has 5 heteroatoms. The fourth-order valence-corrected chi connectivity index (χ4v) is 3.51. The van der Waals surface area contributed by atoms with Crippen molar-refractivity contribution in [3.05, 3.63) is 69.6 Å². The molecule has 2 aromatic carbocycles. The minimum absolute atomic E-state index is 0.149. The van der Waals surface area contributed by atoms with Gasteiger partial charge in [0, 0.05) is 12.1 Å². The Labute approximate surface area is 149 Å². The minimum atomic E-state index is -0.484. The van der Waals surface area contributed by atoms with Gasteiger partial charge in [-0.3, -0.25) is 4.79 Å². The first-order valence-corrected chi connectivity index (χ1v) is 8.66. The monoisotopic (exact) mass is 350 g/mol. The number of ketones is 1. The predicted octanol–water partition coefficient (Wildman–Crippen LogP) is 4.16. The van der Waals surface area contributed by atoms with Crippen LogP contribution >= 0.6 is 0 Å². The number of benzene rings is 2. The number of phenolic OH excluding ortho intramolecular Hbond substituents is 1. The number of rotatable bonds is 3. The molecule has 26 heavy (non-hydrogen) atoms. The largest absolute Gasteiger partial charge is 0.506 e. The molecular formula is C21H18O5. The van der Waals surface area contributed by atoms with Crippen LogP contribution in [0.3, 0.4) is 0 Å². The van der Waals surface area contributed by atoms with Gasteiger partial charge in [0.1, 0.15) is 28.7 Å². The average molecular weight is 350 g/mol. The molecule has 1 aromatic heterocycles. The molecule has 0 saturated carbocycles. The molecule has 1 atom stereocenters. The van der Waals surface area contributed by atoms with Crippen molar-refractivity contribution in [3.8, 4) is 11.5 Å². The zero-order valence-electron chi connectivity index (χ0n) is 14.3. The highest BCUT2D eigenvalue weighted by Crippen LogP contribution is 2.44. The van der Waals surface area contributed by atoms with Gasteiger partial charge in [0.05, 0.1) is 11.8 Å². The van der Waals surface area contributed by atoms with E-state index in [-0.39, 0.29) is 34.8 Å². The fraction of sp³-hybridized carbons (Fsp3) is 0.238. The van der Waals surface area contributed by atoms with Crippen LogP contribution in [0.4, 0.5) is 0 Å². The van der Waals surface area contributed by atoms with Crippen molar-refractivity contribution in [3.63, 3.8) is 0 Å². The fourth-order valence-electron chi connectivity index (χ4n) is 3.51. The average Bonchev–Trinajstić information content (AvgIpc) is 2.61. The summed E-state index contributed by atoms with van der Waals surface area (Å²) in [6.07, 6.45) is 1.13. The lowest BCUT2D eigenvalue weighted by molar-refractivity contribution is 0.0846. The summed E-state index contributed by atoms with van der Waals surface area (Å²) in [5.74, 6) is -0.105. The number of hydrogen-bond acceptors (Lipinski definition) is 5. The van der Waals surface area contributed by atoms with Gasteiger partial charge < -0.3 is 14.3 Å². The summed E-state index contributed by atoms with van der Waals surface area (Å²) in [4.78, 5) is 24.6. The van der Waals surface area contributed by atoms with E-state index in [1.807, 2.05) is 37.3 Å². The van der Waals surface area contributed by atoms with Crippen molar-refractivity contribution in [2.75, 3.05) is 0 Å². The van der Waals surface area contributed by atoms with E-state index >= 15 is 0 Å². The van der Waals surface area contributed by atoms with Crippen molar-refractivity contribution in [2.24, 2.45) is 0 Å². The maximum absolute atomic E-state index is 12.7. The summed E-state index contributed by atoms with van der Waals surface area (Å²) in [6.45, 7) is 1.98. The first kappa shape index (κ1) is 16.4. The van der Waals surface area contributed by atoms with Gasteiger partial charge >= 0.3 is 5.63 Å². The second-order valence-electron chi connectivity index (χ2n) is 6.46. The maximum Gasteiger partial charge on any atom is 0.336 e. The summed E-state index contributed by atoms with van der Waals surface area (Å²) >= 11 is 0. The van der Waals surface area contributed by atoms with Gasteiger partial charge in [-0.1, -0.05) is 43.7 Å². The molecule has 5 nitrogen and oxygen atoms in total. The zero-order chi connectivity index (χ0) is 18.3. The number of carbonyl (C=O) groups excluding carboxylic acids is 1. The van der Waals surface area contributed by atoms with Gasteiger partial charge in [-0.05, 0) is 17.5 Å². The number of phenols is 1. The van der Waals surface area contributed by atoms with E-state index in [2.05, 4.69) is 0 Å². The molecule has 1 unspecified atom stereocenters. The van der Waals surface area contributed by atoms with Gasteiger partial charge in [0.15, 0.2) is 5.78 Å². The summed E-state index contributed by atoms with van der Waals surface area (Å²) in [6, 6.07) is 12.4. The number of carbonyl (C=O) groups is 1. The molecule has 1 N–H and O–H groups in total. The van der Waals surface area contributed by atoms with Gasteiger partial charge in [-0.15, -0.1) is 0 Å². The van der Waals surface area contributed by atoms with E-state index in [0.717, 1.165) is 12.0 Å². The highest BCUT2D eigenvalue weighted by atomic mass is 16.5. The van der Waals surface area contributed by atoms with Crippen molar-refractivity contribution in [1.29, 1.82) is 0 Å². The molecule has 0 spiro atoms. The molecule has 0 saturated heterocycles.